The third-order valence-corrected chi connectivity index (χ3v) is 2.74. The van der Waals surface area contributed by atoms with E-state index in [1.165, 1.54) is 0 Å². The second-order valence-electron chi connectivity index (χ2n) is 3.41. The van der Waals surface area contributed by atoms with Crippen LogP contribution in [0.5, 0.6) is 0 Å². The minimum atomic E-state index is 0.415. The Morgan fingerprint density at radius 2 is 2.19 bits per heavy atom. The van der Waals surface area contributed by atoms with Gasteiger partial charge >= 0.3 is 0 Å². The van der Waals surface area contributed by atoms with Gasteiger partial charge in [-0.05, 0) is 12.1 Å². The molecule has 80 valence electrons. The summed E-state index contributed by atoms with van der Waals surface area (Å²) in [6.07, 6.45) is 7.26. The zero-order valence-electron chi connectivity index (χ0n) is 8.42. The average molecular weight is 233 g/mol. The molecular formula is C11H9ClN4. The van der Waals surface area contributed by atoms with Crippen LogP contribution in [0.3, 0.4) is 0 Å². The third kappa shape index (κ3) is 1.31. The molecule has 0 atom stereocenters. The van der Waals surface area contributed by atoms with Crippen molar-refractivity contribution in [2.75, 3.05) is 0 Å². The van der Waals surface area contributed by atoms with Gasteiger partial charge in [0, 0.05) is 18.6 Å². The number of hydrogen-bond acceptors (Lipinski definition) is 2. The van der Waals surface area contributed by atoms with Crippen molar-refractivity contribution in [2.45, 2.75) is 5.88 Å². The maximum Gasteiger partial charge on any atom is 0.161 e. The molecule has 3 aromatic heterocycles. The molecule has 0 radical (unpaired) electrons. The molecule has 0 aliphatic heterocycles. The number of halogens is 1. The summed E-state index contributed by atoms with van der Waals surface area (Å²) in [6, 6.07) is 5.87. The van der Waals surface area contributed by atoms with Gasteiger partial charge in [-0.2, -0.15) is 0 Å². The first-order chi connectivity index (χ1) is 7.90. The van der Waals surface area contributed by atoms with Crippen LogP contribution in [0, 0.1) is 0 Å². The Labute approximate surface area is 97.1 Å². The number of nitrogens with zero attached hydrogens (tertiary/aromatic N) is 4. The van der Waals surface area contributed by atoms with E-state index in [9.17, 15) is 0 Å². The molecule has 0 spiro atoms. The fourth-order valence-corrected chi connectivity index (χ4v) is 2.00. The molecule has 0 amide bonds. The van der Waals surface area contributed by atoms with Gasteiger partial charge in [0.1, 0.15) is 12.0 Å². The van der Waals surface area contributed by atoms with Crippen molar-refractivity contribution in [1.29, 1.82) is 0 Å². The third-order valence-electron chi connectivity index (χ3n) is 2.48. The first-order valence-electron chi connectivity index (χ1n) is 4.90. The number of imidazole rings is 2. The minimum absolute atomic E-state index is 0.415. The van der Waals surface area contributed by atoms with Gasteiger partial charge in [-0.3, -0.25) is 4.57 Å². The van der Waals surface area contributed by atoms with Crippen LogP contribution in [-0.4, -0.2) is 18.9 Å². The molecule has 3 aromatic rings. The number of hydrogen-bond donors (Lipinski definition) is 0. The van der Waals surface area contributed by atoms with E-state index in [-0.39, 0.29) is 0 Å². The van der Waals surface area contributed by atoms with Crippen LogP contribution in [0.15, 0.2) is 43.1 Å². The van der Waals surface area contributed by atoms with Gasteiger partial charge in [0.2, 0.25) is 0 Å². The number of rotatable bonds is 2. The Bertz CT molecular complexity index is 612. The van der Waals surface area contributed by atoms with Gasteiger partial charge < -0.3 is 4.40 Å². The molecular weight excluding hydrogens is 224 g/mol. The topological polar surface area (TPSA) is 35.1 Å². The molecule has 0 saturated carbocycles. The molecule has 16 heavy (non-hydrogen) atoms. The van der Waals surface area contributed by atoms with Crippen LogP contribution in [0.25, 0.3) is 11.5 Å². The summed E-state index contributed by atoms with van der Waals surface area (Å²) in [4.78, 5) is 8.54. The quantitative estimate of drug-likeness (QED) is 0.636. The summed E-state index contributed by atoms with van der Waals surface area (Å²) in [5, 5.41) is 0. The van der Waals surface area contributed by atoms with E-state index < -0.39 is 0 Å². The fraction of sp³-hybridized carbons (Fsp3) is 0.0909. The number of aromatic nitrogens is 4. The summed E-state index contributed by atoms with van der Waals surface area (Å²) >= 11 is 5.97. The molecule has 3 heterocycles. The second kappa shape index (κ2) is 3.64. The lowest BCUT2D eigenvalue weighted by Crippen LogP contribution is -1.96. The Kier molecular flexibility index (Phi) is 2.15. The number of fused-ring (bicyclic) bond motifs is 1. The highest BCUT2D eigenvalue weighted by Crippen LogP contribution is 2.18. The smallest absolute Gasteiger partial charge is 0.161 e. The van der Waals surface area contributed by atoms with E-state index in [2.05, 4.69) is 9.97 Å². The Balaban J connectivity index is 2.32. The van der Waals surface area contributed by atoms with Gasteiger partial charge in [0.15, 0.2) is 5.82 Å². The summed E-state index contributed by atoms with van der Waals surface area (Å²) in [7, 11) is 0. The monoisotopic (exact) mass is 232 g/mol. The first-order valence-corrected chi connectivity index (χ1v) is 5.44. The van der Waals surface area contributed by atoms with E-state index >= 15 is 0 Å². The molecule has 0 saturated heterocycles. The van der Waals surface area contributed by atoms with Gasteiger partial charge in [0.05, 0.1) is 11.6 Å². The van der Waals surface area contributed by atoms with Gasteiger partial charge in [-0.25, -0.2) is 9.97 Å². The van der Waals surface area contributed by atoms with Crippen LogP contribution in [0.1, 0.15) is 5.69 Å². The van der Waals surface area contributed by atoms with E-state index in [0.717, 1.165) is 17.2 Å². The zero-order valence-corrected chi connectivity index (χ0v) is 9.17. The summed E-state index contributed by atoms with van der Waals surface area (Å²) in [5.74, 6) is 1.25. The largest absolute Gasteiger partial charge is 0.301 e. The van der Waals surface area contributed by atoms with Crippen molar-refractivity contribution >= 4 is 17.2 Å². The molecule has 0 aliphatic carbocycles. The molecule has 0 bridgehead atoms. The number of alkyl halides is 1. The second-order valence-corrected chi connectivity index (χ2v) is 3.68. The van der Waals surface area contributed by atoms with E-state index in [1.807, 2.05) is 39.6 Å². The Hall–Kier alpha value is -1.81. The average Bonchev–Trinajstić information content (AvgIpc) is 2.95. The van der Waals surface area contributed by atoms with Gasteiger partial charge in [-0.15, -0.1) is 11.6 Å². The van der Waals surface area contributed by atoms with E-state index in [4.69, 9.17) is 11.6 Å². The van der Waals surface area contributed by atoms with Crippen molar-refractivity contribution < 1.29 is 0 Å². The highest BCUT2D eigenvalue weighted by atomic mass is 35.5. The van der Waals surface area contributed by atoms with Crippen molar-refractivity contribution in [2.24, 2.45) is 0 Å². The summed E-state index contributed by atoms with van der Waals surface area (Å²) in [6.45, 7) is 0. The zero-order chi connectivity index (χ0) is 11.0. The maximum atomic E-state index is 5.97. The summed E-state index contributed by atoms with van der Waals surface area (Å²) < 4.78 is 3.85. The predicted molar refractivity (Wildman–Crippen MR) is 61.9 cm³/mol. The van der Waals surface area contributed by atoms with Gasteiger partial charge in [0.25, 0.3) is 0 Å². The van der Waals surface area contributed by atoms with Crippen molar-refractivity contribution in [3.8, 4) is 5.82 Å². The normalized spacial score (nSPS) is 11.1. The van der Waals surface area contributed by atoms with E-state index in [1.54, 1.807) is 12.5 Å². The first kappa shape index (κ1) is 9.42. The molecule has 0 aliphatic rings. The Morgan fingerprint density at radius 1 is 1.25 bits per heavy atom. The number of pyridine rings is 1. The van der Waals surface area contributed by atoms with Crippen LogP contribution in [-0.2, 0) is 5.88 Å². The summed E-state index contributed by atoms with van der Waals surface area (Å²) in [5.41, 5.74) is 1.86. The van der Waals surface area contributed by atoms with Crippen LogP contribution >= 0.6 is 11.6 Å². The fourth-order valence-electron chi connectivity index (χ4n) is 1.75. The molecule has 4 nitrogen and oxygen atoms in total. The predicted octanol–water partition coefficient (Wildman–Crippen LogP) is 2.26. The highest BCUT2D eigenvalue weighted by molar-refractivity contribution is 6.17. The molecule has 5 heteroatoms. The van der Waals surface area contributed by atoms with Crippen LogP contribution < -0.4 is 0 Å². The molecule has 0 N–H and O–H groups in total. The van der Waals surface area contributed by atoms with Crippen molar-refractivity contribution in [3.63, 3.8) is 0 Å². The van der Waals surface area contributed by atoms with Crippen LogP contribution in [0.2, 0.25) is 0 Å². The lowest BCUT2D eigenvalue weighted by atomic mass is 10.4. The molecule has 0 aromatic carbocycles. The standard InChI is InChI=1S/C11H9ClN4/c12-7-9-11(15-6-4-13-8-15)14-10-3-1-2-5-16(9)10/h1-6,8H,7H2. The molecule has 0 unspecified atom stereocenters. The lowest BCUT2D eigenvalue weighted by molar-refractivity contribution is 0.978. The SMILES string of the molecule is ClCc1c(-n2ccnc2)nc2ccccn12. The Morgan fingerprint density at radius 3 is 2.94 bits per heavy atom. The van der Waals surface area contributed by atoms with Gasteiger partial charge in [-0.1, -0.05) is 6.07 Å². The van der Waals surface area contributed by atoms with Crippen molar-refractivity contribution in [3.05, 3.63) is 48.8 Å². The van der Waals surface area contributed by atoms with E-state index in [0.29, 0.717) is 5.88 Å². The highest BCUT2D eigenvalue weighted by Gasteiger charge is 2.11. The lowest BCUT2D eigenvalue weighted by Gasteiger charge is -2.00. The molecule has 0 fully saturated rings. The molecule has 3 rings (SSSR count). The minimum Gasteiger partial charge on any atom is -0.301 e. The van der Waals surface area contributed by atoms with Crippen molar-refractivity contribution in [1.82, 2.24) is 18.9 Å². The van der Waals surface area contributed by atoms with Crippen LogP contribution in [0.4, 0.5) is 0 Å². The maximum absolute atomic E-state index is 5.97.